The molecule has 1 aliphatic rings. The maximum atomic E-state index is 11.7. The highest BCUT2D eigenvalue weighted by molar-refractivity contribution is 5.79. The lowest BCUT2D eigenvalue weighted by molar-refractivity contribution is -0.384. The third kappa shape index (κ3) is 4.74. The monoisotopic (exact) mass is 396 g/mol. The van der Waals surface area contributed by atoms with Crippen molar-refractivity contribution < 1.29 is 14.1 Å². The van der Waals surface area contributed by atoms with Gasteiger partial charge in [0, 0.05) is 30.3 Å². The summed E-state index contributed by atoms with van der Waals surface area (Å²) >= 11 is 0. The van der Waals surface area contributed by atoms with E-state index >= 15 is 0 Å². The summed E-state index contributed by atoms with van der Waals surface area (Å²) in [6.07, 6.45) is 4.31. The smallest absolute Gasteiger partial charge is 0.270 e. The Morgan fingerprint density at radius 1 is 1.17 bits per heavy atom. The number of non-ortho nitro benzene ring substituents is 1. The van der Waals surface area contributed by atoms with Crippen LogP contribution in [0.2, 0.25) is 0 Å². The molecule has 0 saturated carbocycles. The zero-order valence-corrected chi connectivity index (χ0v) is 16.5. The normalized spacial score (nSPS) is 15.0. The number of nitro groups is 1. The van der Waals surface area contributed by atoms with Crippen LogP contribution >= 0.6 is 0 Å². The Balaban J connectivity index is 0.000000169. The molecule has 7 heteroatoms. The quantitative estimate of drug-likeness (QED) is 0.392. The zero-order chi connectivity index (χ0) is 21.0. The molecular formula is C22H24N2O5. The molecule has 7 nitrogen and oxygen atoms in total. The molecule has 0 spiro atoms. The molecule has 2 N–H and O–H groups in total. The van der Waals surface area contributed by atoms with Crippen molar-refractivity contribution in [3.8, 4) is 5.75 Å². The fraction of sp³-hybridized carbons (Fsp3) is 0.318. The predicted molar refractivity (Wildman–Crippen MR) is 112 cm³/mol. The van der Waals surface area contributed by atoms with Gasteiger partial charge in [-0.1, -0.05) is 13.8 Å². The van der Waals surface area contributed by atoms with Gasteiger partial charge in [-0.25, -0.2) is 0 Å². The SMILES string of the molecule is CCC1CCc2cc(N)ccc2O1.CCc1cc(=O)c2cc([N+](=O)[O-])ccc2o1. The number of hydrogen-bond donors (Lipinski definition) is 1. The van der Waals surface area contributed by atoms with Crippen molar-refractivity contribution in [1.82, 2.24) is 0 Å². The van der Waals surface area contributed by atoms with Crippen LogP contribution in [0.3, 0.4) is 0 Å². The van der Waals surface area contributed by atoms with Crippen LogP contribution in [-0.4, -0.2) is 11.0 Å². The summed E-state index contributed by atoms with van der Waals surface area (Å²) in [5.41, 5.74) is 7.81. The van der Waals surface area contributed by atoms with Crippen LogP contribution in [0.25, 0.3) is 11.0 Å². The number of benzene rings is 2. The van der Waals surface area contributed by atoms with Gasteiger partial charge in [0.2, 0.25) is 0 Å². The van der Waals surface area contributed by atoms with Crippen molar-refractivity contribution in [2.24, 2.45) is 0 Å². The minimum atomic E-state index is -0.535. The molecule has 29 heavy (non-hydrogen) atoms. The highest BCUT2D eigenvalue weighted by atomic mass is 16.6. The first-order valence-corrected chi connectivity index (χ1v) is 9.67. The van der Waals surface area contributed by atoms with E-state index in [2.05, 4.69) is 6.92 Å². The van der Waals surface area contributed by atoms with Crippen LogP contribution in [0.5, 0.6) is 5.75 Å². The van der Waals surface area contributed by atoms with E-state index in [0.29, 0.717) is 23.9 Å². The van der Waals surface area contributed by atoms with Crippen molar-refractivity contribution >= 4 is 22.3 Å². The lowest BCUT2D eigenvalue weighted by atomic mass is 10.0. The van der Waals surface area contributed by atoms with Crippen molar-refractivity contribution in [3.63, 3.8) is 0 Å². The predicted octanol–water partition coefficient (Wildman–Crippen LogP) is 4.64. The summed E-state index contributed by atoms with van der Waals surface area (Å²) < 4.78 is 11.2. The highest BCUT2D eigenvalue weighted by Crippen LogP contribution is 2.29. The van der Waals surface area contributed by atoms with Gasteiger partial charge in [0.25, 0.3) is 5.69 Å². The lowest BCUT2D eigenvalue weighted by Gasteiger charge is -2.25. The number of rotatable bonds is 3. The van der Waals surface area contributed by atoms with Crippen molar-refractivity contribution in [1.29, 1.82) is 0 Å². The molecule has 3 aromatic rings. The first kappa shape index (κ1) is 20.4. The zero-order valence-electron chi connectivity index (χ0n) is 16.5. The molecule has 0 amide bonds. The van der Waals surface area contributed by atoms with Gasteiger partial charge in [0.1, 0.15) is 17.1 Å². The third-order valence-corrected chi connectivity index (χ3v) is 4.89. The number of nitro benzene ring substituents is 1. The lowest BCUT2D eigenvalue weighted by Crippen LogP contribution is -2.21. The molecule has 2 heterocycles. The third-order valence-electron chi connectivity index (χ3n) is 4.89. The van der Waals surface area contributed by atoms with E-state index in [-0.39, 0.29) is 16.5 Å². The topological polar surface area (TPSA) is 109 Å². The second-order valence-electron chi connectivity index (χ2n) is 6.92. The molecule has 4 rings (SSSR count). The highest BCUT2D eigenvalue weighted by Gasteiger charge is 2.17. The Morgan fingerprint density at radius 3 is 2.66 bits per heavy atom. The van der Waals surface area contributed by atoms with E-state index in [1.807, 2.05) is 25.1 Å². The maximum absolute atomic E-state index is 11.7. The van der Waals surface area contributed by atoms with Crippen LogP contribution in [0.15, 0.2) is 51.7 Å². The van der Waals surface area contributed by atoms with E-state index in [1.165, 1.54) is 29.8 Å². The molecule has 0 aliphatic carbocycles. The molecule has 0 bridgehead atoms. The van der Waals surface area contributed by atoms with Gasteiger partial charge in [-0.2, -0.15) is 0 Å². The van der Waals surface area contributed by atoms with Crippen LogP contribution in [0, 0.1) is 10.1 Å². The number of nitrogens with zero attached hydrogens (tertiary/aromatic N) is 1. The molecule has 2 aromatic carbocycles. The van der Waals surface area contributed by atoms with Crippen LogP contribution in [0.4, 0.5) is 11.4 Å². The van der Waals surface area contributed by atoms with E-state index in [9.17, 15) is 14.9 Å². The van der Waals surface area contributed by atoms with Gasteiger partial charge >= 0.3 is 0 Å². The Labute approximate surface area is 168 Å². The number of ether oxygens (including phenoxy) is 1. The summed E-state index contributed by atoms with van der Waals surface area (Å²) in [6.45, 7) is 4.03. The van der Waals surface area contributed by atoms with Crippen LogP contribution in [-0.2, 0) is 12.8 Å². The Morgan fingerprint density at radius 2 is 1.97 bits per heavy atom. The minimum absolute atomic E-state index is 0.107. The summed E-state index contributed by atoms with van der Waals surface area (Å²) in [4.78, 5) is 21.7. The largest absolute Gasteiger partial charge is 0.490 e. The molecule has 1 atom stereocenters. The van der Waals surface area contributed by atoms with E-state index in [0.717, 1.165) is 30.7 Å². The van der Waals surface area contributed by atoms with Gasteiger partial charge in [0.15, 0.2) is 5.43 Å². The first-order chi connectivity index (χ1) is 13.9. The Bertz CT molecular complexity index is 1090. The van der Waals surface area contributed by atoms with Crippen molar-refractivity contribution in [3.05, 3.63) is 74.1 Å². The number of hydrogen-bond acceptors (Lipinski definition) is 6. The number of anilines is 1. The van der Waals surface area contributed by atoms with Crippen molar-refractivity contribution in [2.75, 3.05) is 5.73 Å². The molecule has 0 radical (unpaired) electrons. The molecule has 0 fully saturated rings. The fourth-order valence-corrected chi connectivity index (χ4v) is 3.23. The second-order valence-corrected chi connectivity index (χ2v) is 6.92. The summed E-state index contributed by atoms with van der Waals surface area (Å²) in [6, 6.07) is 11.3. The summed E-state index contributed by atoms with van der Waals surface area (Å²) in [7, 11) is 0. The number of fused-ring (bicyclic) bond motifs is 2. The minimum Gasteiger partial charge on any atom is -0.490 e. The number of aryl methyl sites for hydroxylation is 2. The molecule has 0 saturated heterocycles. The van der Waals surface area contributed by atoms with Gasteiger partial charge in [-0.3, -0.25) is 14.9 Å². The van der Waals surface area contributed by atoms with E-state index in [1.54, 1.807) is 0 Å². The molecular weight excluding hydrogens is 372 g/mol. The second kappa shape index (κ2) is 8.77. The van der Waals surface area contributed by atoms with Crippen LogP contribution < -0.4 is 15.9 Å². The van der Waals surface area contributed by atoms with Gasteiger partial charge < -0.3 is 14.9 Å². The average Bonchev–Trinajstić information content (AvgIpc) is 2.73. The fourth-order valence-electron chi connectivity index (χ4n) is 3.23. The molecule has 152 valence electrons. The van der Waals surface area contributed by atoms with Gasteiger partial charge in [0.05, 0.1) is 16.4 Å². The van der Waals surface area contributed by atoms with E-state index < -0.39 is 4.92 Å². The van der Waals surface area contributed by atoms with E-state index in [4.69, 9.17) is 14.9 Å². The average molecular weight is 396 g/mol. The molecule has 1 unspecified atom stereocenters. The number of nitrogen functional groups attached to an aromatic ring is 1. The van der Waals surface area contributed by atoms with Crippen LogP contribution in [0.1, 0.15) is 38.0 Å². The Hall–Kier alpha value is -3.35. The van der Waals surface area contributed by atoms with Gasteiger partial charge in [-0.05, 0) is 49.1 Å². The molecule has 1 aliphatic heterocycles. The molecule has 1 aromatic heterocycles. The maximum Gasteiger partial charge on any atom is 0.270 e. The summed E-state index contributed by atoms with van der Waals surface area (Å²) in [5, 5.41) is 10.8. The standard InChI is InChI=1S/C11H9NO4.C11H15NO/c1-2-8-6-10(13)9-5-7(12(14)15)3-4-11(9)16-8;1-2-10-5-3-8-7-9(12)4-6-11(8)13-10/h3-6H,2H2,1H3;4,6-7,10H,2-3,5,12H2,1H3. The Kier molecular flexibility index (Phi) is 6.16. The first-order valence-electron chi connectivity index (χ1n) is 9.67. The van der Waals surface area contributed by atoms with Crippen molar-refractivity contribution in [2.45, 2.75) is 45.6 Å². The van der Waals surface area contributed by atoms with Gasteiger partial charge in [-0.15, -0.1) is 0 Å². The number of nitrogens with two attached hydrogens (primary N) is 1. The summed E-state index contributed by atoms with van der Waals surface area (Å²) in [5.74, 6) is 1.60.